The van der Waals surface area contributed by atoms with Gasteiger partial charge in [-0.05, 0) is 60.0 Å². The number of benzene rings is 3. The predicted molar refractivity (Wildman–Crippen MR) is 126 cm³/mol. The predicted octanol–water partition coefficient (Wildman–Crippen LogP) is 5.05. The minimum atomic E-state index is -0.843. The summed E-state index contributed by atoms with van der Waals surface area (Å²) in [5.41, 5.74) is 1.52. The van der Waals surface area contributed by atoms with Crippen molar-refractivity contribution in [3.05, 3.63) is 95.6 Å². The van der Waals surface area contributed by atoms with Crippen LogP contribution in [0.25, 0.3) is 5.76 Å². The minimum absolute atomic E-state index is 0.00890. The summed E-state index contributed by atoms with van der Waals surface area (Å²) < 4.78 is 5.69. The number of amides is 1. The molecule has 0 aromatic heterocycles. The van der Waals surface area contributed by atoms with Gasteiger partial charge in [-0.1, -0.05) is 44.2 Å². The van der Waals surface area contributed by atoms with Gasteiger partial charge in [0.05, 0.1) is 18.2 Å². The van der Waals surface area contributed by atoms with E-state index in [1.165, 1.54) is 17.0 Å². The van der Waals surface area contributed by atoms with Crippen LogP contribution in [-0.2, 0) is 9.59 Å². The number of hydrogen-bond acceptors (Lipinski definition) is 5. The molecule has 1 saturated heterocycles. The number of aliphatic hydroxyl groups is 1. The zero-order chi connectivity index (χ0) is 23.5. The van der Waals surface area contributed by atoms with E-state index >= 15 is 0 Å². The molecule has 1 fully saturated rings. The number of phenols is 1. The molecule has 0 spiro atoms. The molecule has 3 aromatic carbocycles. The first-order valence-corrected chi connectivity index (χ1v) is 10.7. The lowest BCUT2D eigenvalue weighted by Crippen LogP contribution is -2.29. The molecule has 1 heterocycles. The fourth-order valence-corrected chi connectivity index (χ4v) is 3.79. The summed E-state index contributed by atoms with van der Waals surface area (Å²) >= 11 is 0. The Balaban J connectivity index is 1.80. The molecule has 33 heavy (non-hydrogen) atoms. The first-order chi connectivity index (χ1) is 15.9. The lowest BCUT2D eigenvalue weighted by molar-refractivity contribution is -0.132. The number of hydrogen-bond donors (Lipinski definition) is 2. The Hall–Kier alpha value is -4.06. The first kappa shape index (κ1) is 22.1. The number of anilines is 1. The summed E-state index contributed by atoms with van der Waals surface area (Å²) in [7, 11) is 0. The number of ether oxygens (including phenoxy) is 1. The van der Waals surface area contributed by atoms with E-state index in [2.05, 4.69) is 13.8 Å². The highest BCUT2D eigenvalue weighted by Crippen LogP contribution is 2.42. The van der Waals surface area contributed by atoms with Crippen LogP contribution in [0.4, 0.5) is 5.69 Å². The number of aromatic hydroxyl groups is 1. The molecule has 6 nitrogen and oxygen atoms in total. The maximum Gasteiger partial charge on any atom is 0.300 e. The van der Waals surface area contributed by atoms with E-state index in [1.807, 2.05) is 6.07 Å². The third kappa shape index (κ3) is 4.46. The van der Waals surface area contributed by atoms with Gasteiger partial charge in [-0.2, -0.15) is 0 Å². The second-order valence-corrected chi connectivity index (χ2v) is 8.33. The lowest BCUT2D eigenvalue weighted by Gasteiger charge is -2.25. The fourth-order valence-electron chi connectivity index (χ4n) is 3.79. The van der Waals surface area contributed by atoms with Crippen molar-refractivity contribution in [3.63, 3.8) is 0 Å². The second-order valence-electron chi connectivity index (χ2n) is 8.33. The molecule has 1 aliphatic heterocycles. The lowest BCUT2D eigenvalue weighted by atomic mass is 9.95. The molecule has 0 aliphatic carbocycles. The van der Waals surface area contributed by atoms with Crippen LogP contribution >= 0.6 is 0 Å². The van der Waals surface area contributed by atoms with Crippen molar-refractivity contribution in [2.45, 2.75) is 19.9 Å². The Bertz CT molecular complexity index is 1180. The van der Waals surface area contributed by atoms with Gasteiger partial charge in [0.25, 0.3) is 11.7 Å². The average Bonchev–Trinajstić information content (AvgIpc) is 3.09. The molecule has 1 amide bonds. The summed E-state index contributed by atoms with van der Waals surface area (Å²) in [6.07, 6.45) is 0. The number of aliphatic hydroxyl groups excluding tert-OH is 1. The summed E-state index contributed by atoms with van der Waals surface area (Å²) in [5, 5.41) is 20.9. The molecule has 0 saturated carbocycles. The zero-order valence-corrected chi connectivity index (χ0v) is 18.4. The molecule has 0 radical (unpaired) electrons. The van der Waals surface area contributed by atoms with E-state index in [4.69, 9.17) is 4.74 Å². The summed E-state index contributed by atoms with van der Waals surface area (Å²) in [5.74, 6) is -0.669. The van der Waals surface area contributed by atoms with E-state index in [0.717, 1.165) is 0 Å². The zero-order valence-electron chi connectivity index (χ0n) is 18.4. The van der Waals surface area contributed by atoms with Crippen LogP contribution in [-0.4, -0.2) is 28.5 Å². The molecular weight excluding hydrogens is 418 g/mol. The number of carbonyl (C=O) groups is 2. The smallest absolute Gasteiger partial charge is 0.300 e. The standard InChI is InChI=1S/C27H25NO5/c1-17(2)16-33-22-14-10-19(11-15-22)25(30)23-24(18-8-12-21(29)13-9-18)28(27(32)26(23)31)20-6-4-3-5-7-20/h3-15,17,24,29-30H,16H2,1-2H3/b25-23-. The van der Waals surface area contributed by atoms with Gasteiger partial charge in [-0.25, -0.2) is 0 Å². The number of Topliss-reactive ketones (excluding diaryl/α,β-unsaturated/α-hetero) is 1. The van der Waals surface area contributed by atoms with E-state index in [-0.39, 0.29) is 17.1 Å². The topological polar surface area (TPSA) is 87.1 Å². The van der Waals surface area contributed by atoms with Crippen LogP contribution in [0.5, 0.6) is 11.5 Å². The van der Waals surface area contributed by atoms with E-state index in [1.54, 1.807) is 60.7 Å². The number of nitrogens with zero attached hydrogens (tertiary/aromatic N) is 1. The Morgan fingerprint density at radius 2 is 1.58 bits per heavy atom. The molecule has 2 N–H and O–H groups in total. The normalized spacial score (nSPS) is 17.5. The first-order valence-electron chi connectivity index (χ1n) is 10.7. The van der Waals surface area contributed by atoms with E-state index in [0.29, 0.717) is 35.1 Å². The number of ketones is 1. The van der Waals surface area contributed by atoms with Gasteiger partial charge in [0.2, 0.25) is 0 Å². The molecular formula is C27H25NO5. The highest BCUT2D eigenvalue weighted by atomic mass is 16.5. The third-order valence-electron chi connectivity index (χ3n) is 5.40. The van der Waals surface area contributed by atoms with Crippen molar-refractivity contribution in [2.24, 2.45) is 5.92 Å². The van der Waals surface area contributed by atoms with Crippen molar-refractivity contribution in [1.29, 1.82) is 0 Å². The Morgan fingerprint density at radius 1 is 0.939 bits per heavy atom. The van der Waals surface area contributed by atoms with Gasteiger partial charge < -0.3 is 14.9 Å². The van der Waals surface area contributed by atoms with Crippen LogP contribution in [0.15, 0.2) is 84.4 Å². The summed E-state index contributed by atoms with van der Waals surface area (Å²) in [4.78, 5) is 27.6. The molecule has 1 aliphatic rings. The largest absolute Gasteiger partial charge is 0.508 e. The monoisotopic (exact) mass is 443 g/mol. The number of carbonyl (C=O) groups excluding carboxylic acids is 2. The molecule has 3 aromatic rings. The molecule has 6 heteroatoms. The van der Waals surface area contributed by atoms with Gasteiger partial charge in [-0.15, -0.1) is 0 Å². The number of para-hydroxylation sites is 1. The van der Waals surface area contributed by atoms with Crippen molar-refractivity contribution in [3.8, 4) is 11.5 Å². The van der Waals surface area contributed by atoms with Gasteiger partial charge in [0.15, 0.2) is 0 Å². The molecule has 168 valence electrons. The van der Waals surface area contributed by atoms with Crippen LogP contribution in [0.2, 0.25) is 0 Å². The SMILES string of the molecule is CC(C)COc1ccc(/C(O)=C2/C(=O)C(=O)N(c3ccccc3)C2c2ccc(O)cc2)cc1. The van der Waals surface area contributed by atoms with E-state index in [9.17, 15) is 19.8 Å². The van der Waals surface area contributed by atoms with Gasteiger partial charge >= 0.3 is 0 Å². The second kappa shape index (κ2) is 9.20. The van der Waals surface area contributed by atoms with Crippen LogP contribution in [0.3, 0.4) is 0 Å². The molecule has 1 atom stereocenters. The quantitative estimate of drug-likeness (QED) is 0.316. The minimum Gasteiger partial charge on any atom is -0.508 e. The van der Waals surface area contributed by atoms with Crippen molar-refractivity contribution < 1.29 is 24.5 Å². The van der Waals surface area contributed by atoms with Gasteiger partial charge in [0.1, 0.15) is 17.3 Å². The maximum absolute atomic E-state index is 13.1. The molecule has 1 unspecified atom stereocenters. The highest BCUT2D eigenvalue weighted by Gasteiger charge is 2.46. The number of rotatable bonds is 6. The maximum atomic E-state index is 13.1. The summed E-state index contributed by atoms with van der Waals surface area (Å²) in [6, 6.07) is 21.0. The highest BCUT2D eigenvalue weighted by molar-refractivity contribution is 6.51. The van der Waals surface area contributed by atoms with Crippen LogP contribution < -0.4 is 9.64 Å². The fraction of sp³-hybridized carbons (Fsp3) is 0.185. The Morgan fingerprint density at radius 3 is 2.18 bits per heavy atom. The number of phenolic OH excluding ortho intramolecular Hbond substituents is 1. The Kier molecular flexibility index (Phi) is 6.18. The van der Waals surface area contributed by atoms with Crippen molar-refractivity contribution >= 4 is 23.1 Å². The average molecular weight is 443 g/mol. The van der Waals surface area contributed by atoms with E-state index < -0.39 is 17.7 Å². The van der Waals surface area contributed by atoms with Gasteiger partial charge in [0, 0.05) is 11.3 Å². The van der Waals surface area contributed by atoms with Crippen molar-refractivity contribution in [2.75, 3.05) is 11.5 Å². The third-order valence-corrected chi connectivity index (χ3v) is 5.40. The van der Waals surface area contributed by atoms with Gasteiger partial charge in [-0.3, -0.25) is 14.5 Å². The van der Waals surface area contributed by atoms with Crippen LogP contribution in [0.1, 0.15) is 31.0 Å². The van der Waals surface area contributed by atoms with Crippen molar-refractivity contribution in [1.82, 2.24) is 0 Å². The van der Waals surface area contributed by atoms with Crippen LogP contribution in [0, 0.1) is 5.92 Å². The summed E-state index contributed by atoms with van der Waals surface area (Å²) in [6.45, 7) is 4.67. The molecule has 4 rings (SSSR count). The molecule has 0 bridgehead atoms. The Labute approximate surface area is 192 Å².